The van der Waals surface area contributed by atoms with Crippen LogP contribution in [0.3, 0.4) is 0 Å². The molecule has 0 saturated carbocycles. The van der Waals surface area contributed by atoms with E-state index in [9.17, 15) is 14.4 Å². The van der Waals surface area contributed by atoms with Gasteiger partial charge in [-0.15, -0.1) is 0 Å². The Hall–Kier alpha value is -3.07. The molecule has 0 spiro atoms. The molecule has 0 saturated heterocycles. The highest BCUT2D eigenvalue weighted by atomic mass is 79.9. The summed E-state index contributed by atoms with van der Waals surface area (Å²) in [6.45, 7) is 0.502. The van der Waals surface area contributed by atoms with E-state index in [0.29, 0.717) is 26.0 Å². The zero-order valence-corrected chi connectivity index (χ0v) is 23.1. The second kappa shape index (κ2) is 11.5. The van der Waals surface area contributed by atoms with Crippen LogP contribution in [0.4, 0.5) is 0 Å². The summed E-state index contributed by atoms with van der Waals surface area (Å²) in [5.74, 6) is -1.36. The first kappa shape index (κ1) is 27.0. The van der Waals surface area contributed by atoms with Crippen LogP contribution in [-0.2, 0) is 32.2 Å². The fourth-order valence-electron chi connectivity index (χ4n) is 4.13. The van der Waals surface area contributed by atoms with Gasteiger partial charge < -0.3 is 19.3 Å². The van der Waals surface area contributed by atoms with Crippen LogP contribution in [0.5, 0.6) is 11.5 Å². The Bertz CT molecular complexity index is 1370. The van der Waals surface area contributed by atoms with Crippen LogP contribution in [0.15, 0.2) is 65.1 Å². The molecular formula is C27H23BrCl2N2O5. The molecule has 0 bridgehead atoms. The molecule has 0 aliphatic carbocycles. The molecule has 0 aromatic heterocycles. The summed E-state index contributed by atoms with van der Waals surface area (Å²) in [7, 11) is 2.87. The lowest BCUT2D eigenvalue weighted by Gasteiger charge is -2.33. The van der Waals surface area contributed by atoms with Crippen molar-refractivity contribution in [1.29, 1.82) is 0 Å². The van der Waals surface area contributed by atoms with Gasteiger partial charge in [-0.25, -0.2) is 0 Å². The first-order valence-corrected chi connectivity index (χ1v) is 12.8. The monoisotopic (exact) mass is 604 g/mol. The molecule has 1 aliphatic rings. The van der Waals surface area contributed by atoms with E-state index in [0.717, 1.165) is 16.7 Å². The minimum absolute atomic E-state index is 0.0759. The quantitative estimate of drug-likeness (QED) is 0.271. The van der Waals surface area contributed by atoms with Crippen LogP contribution in [0.1, 0.15) is 22.6 Å². The van der Waals surface area contributed by atoms with Crippen molar-refractivity contribution in [3.63, 3.8) is 0 Å². The highest BCUT2D eigenvalue weighted by molar-refractivity contribution is 9.10. The predicted molar refractivity (Wildman–Crippen MR) is 144 cm³/mol. The number of amides is 2. The Balaban J connectivity index is 1.44. The van der Waals surface area contributed by atoms with Crippen molar-refractivity contribution in [2.45, 2.75) is 19.0 Å². The van der Waals surface area contributed by atoms with Crippen LogP contribution in [0, 0.1) is 0 Å². The lowest BCUT2D eigenvalue weighted by atomic mass is 9.89. The van der Waals surface area contributed by atoms with E-state index >= 15 is 0 Å². The van der Waals surface area contributed by atoms with E-state index in [1.54, 1.807) is 43.4 Å². The van der Waals surface area contributed by atoms with Gasteiger partial charge in [-0.1, -0.05) is 69.5 Å². The summed E-state index contributed by atoms with van der Waals surface area (Å²) in [5, 5.41) is 0.817. The standard InChI is InChI=1S/C27H23BrCl2N2O5/c1-31(13-17-7-8-18(11-22(17)28)37-19-9-10-23(29)24(30)12-19)25(33)26(34)32-14-16-5-3-4-6-20(16)21(15-32)27(35)36-2/h3-12,21H,13-15H2,1-2H3. The number of likely N-dealkylation sites (N-methyl/N-ethyl adjacent to an activating group) is 1. The van der Waals surface area contributed by atoms with Crippen molar-refractivity contribution in [3.8, 4) is 11.5 Å². The molecule has 0 radical (unpaired) electrons. The topological polar surface area (TPSA) is 76.2 Å². The van der Waals surface area contributed by atoms with Crippen molar-refractivity contribution < 1.29 is 23.9 Å². The second-order valence-electron chi connectivity index (χ2n) is 8.55. The van der Waals surface area contributed by atoms with Gasteiger partial charge in [0.25, 0.3) is 0 Å². The molecule has 192 valence electrons. The number of benzene rings is 3. The molecule has 3 aromatic rings. The maximum absolute atomic E-state index is 13.1. The number of halogens is 3. The van der Waals surface area contributed by atoms with Crippen molar-refractivity contribution >= 4 is 56.9 Å². The average Bonchev–Trinajstić information content (AvgIpc) is 2.90. The van der Waals surface area contributed by atoms with Gasteiger partial charge in [0, 0.05) is 37.2 Å². The van der Waals surface area contributed by atoms with Crippen molar-refractivity contribution in [1.82, 2.24) is 9.80 Å². The van der Waals surface area contributed by atoms with Gasteiger partial charge in [-0.2, -0.15) is 0 Å². The smallest absolute Gasteiger partial charge is 0.314 e. The SMILES string of the molecule is COC(=O)C1CN(C(=O)C(=O)N(C)Cc2ccc(Oc3ccc(Cl)c(Cl)c3)cc2Br)Cc2ccccc21. The third-order valence-corrected chi connectivity index (χ3v) is 7.53. The third kappa shape index (κ3) is 6.09. The van der Waals surface area contributed by atoms with Crippen LogP contribution < -0.4 is 4.74 Å². The summed E-state index contributed by atoms with van der Waals surface area (Å²) in [4.78, 5) is 41.3. The maximum atomic E-state index is 13.1. The van der Waals surface area contributed by atoms with E-state index in [1.807, 2.05) is 24.3 Å². The number of carbonyl (C=O) groups is 3. The van der Waals surface area contributed by atoms with Crippen LogP contribution in [0.25, 0.3) is 0 Å². The molecule has 7 nitrogen and oxygen atoms in total. The number of hydrogen-bond acceptors (Lipinski definition) is 5. The lowest BCUT2D eigenvalue weighted by Crippen LogP contribution is -2.47. The zero-order valence-electron chi connectivity index (χ0n) is 20.0. The Morgan fingerprint density at radius 3 is 2.43 bits per heavy atom. The number of carbonyl (C=O) groups excluding carboxylic acids is 3. The van der Waals surface area contributed by atoms with E-state index < -0.39 is 23.7 Å². The summed E-state index contributed by atoms with van der Waals surface area (Å²) >= 11 is 15.5. The fraction of sp³-hybridized carbons (Fsp3) is 0.222. The molecule has 0 N–H and O–H groups in total. The molecule has 1 unspecified atom stereocenters. The first-order chi connectivity index (χ1) is 17.7. The van der Waals surface area contributed by atoms with Crippen molar-refractivity contribution in [2.75, 3.05) is 20.7 Å². The van der Waals surface area contributed by atoms with Gasteiger partial charge in [0.2, 0.25) is 0 Å². The number of rotatable bonds is 5. The summed E-state index contributed by atoms with van der Waals surface area (Å²) < 4.78 is 11.5. The Kier molecular flexibility index (Phi) is 8.42. The molecule has 10 heteroatoms. The zero-order chi connectivity index (χ0) is 26.7. The first-order valence-electron chi connectivity index (χ1n) is 11.3. The van der Waals surface area contributed by atoms with E-state index in [4.69, 9.17) is 32.7 Å². The lowest BCUT2D eigenvalue weighted by molar-refractivity contribution is -0.153. The molecule has 1 atom stereocenters. The highest BCUT2D eigenvalue weighted by Crippen LogP contribution is 2.32. The summed E-state index contributed by atoms with van der Waals surface area (Å²) in [5.41, 5.74) is 2.40. The van der Waals surface area contributed by atoms with Gasteiger partial charge in [-0.05, 0) is 41.0 Å². The Morgan fingerprint density at radius 1 is 1.03 bits per heavy atom. The van der Waals surface area contributed by atoms with Gasteiger partial charge in [0.05, 0.1) is 23.1 Å². The average molecular weight is 606 g/mol. The third-order valence-electron chi connectivity index (χ3n) is 6.06. The number of ether oxygens (including phenoxy) is 2. The molecule has 37 heavy (non-hydrogen) atoms. The normalized spacial score (nSPS) is 14.5. The largest absolute Gasteiger partial charge is 0.468 e. The molecule has 4 rings (SSSR count). The van der Waals surface area contributed by atoms with Gasteiger partial charge >= 0.3 is 17.8 Å². The van der Waals surface area contributed by atoms with Gasteiger partial charge in [0.1, 0.15) is 11.5 Å². The molecular weight excluding hydrogens is 583 g/mol. The Morgan fingerprint density at radius 2 is 1.73 bits per heavy atom. The van der Waals surface area contributed by atoms with E-state index in [-0.39, 0.29) is 19.6 Å². The minimum Gasteiger partial charge on any atom is -0.468 e. The molecule has 1 aliphatic heterocycles. The second-order valence-corrected chi connectivity index (χ2v) is 10.2. The Labute approximate surface area is 233 Å². The minimum atomic E-state index is -0.679. The van der Waals surface area contributed by atoms with E-state index in [1.165, 1.54) is 16.9 Å². The summed E-state index contributed by atoms with van der Waals surface area (Å²) in [6.07, 6.45) is 0. The number of fused-ring (bicyclic) bond motifs is 1. The van der Waals surface area contributed by atoms with E-state index in [2.05, 4.69) is 15.9 Å². The molecule has 3 aromatic carbocycles. The van der Waals surface area contributed by atoms with Crippen molar-refractivity contribution in [2.24, 2.45) is 0 Å². The number of hydrogen-bond donors (Lipinski definition) is 0. The highest BCUT2D eigenvalue weighted by Gasteiger charge is 2.36. The summed E-state index contributed by atoms with van der Waals surface area (Å²) in [6, 6.07) is 17.7. The fourth-order valence-corrected chi connectivity index (χ4v) is 4.90. The predicted octanol–water partition coefficient (Wildman–Crippen LogP) is 5.81. The van der Waals surface area contributed by atoms with Gasteiger partial charge in [-0.3, -0.25) is 14.4 Å². The molecule has 2 amide bonds. The van der Waals surface area contributed by atoms with Gasteiger partial charge in [0.15, 0.2) is 0 Å². The number of esters is 1. The van der Waals surface area contributed by atoms with Crippen molar-refractivity contribution in [3.05, 3.63) is 91.9 Å². The molecule has 1 heterocycles. The number of methoxy groups -OCH3 is 1. The maximum Gasteiger partial charge on any atom is 0.314 e. The van der Waals surface area contributed by atoms with Crippen LogP contribution in [-0.4, -0.2) is 48.3 Å². The van der Waals surface area contributed by atoms with Crippen LogP contribution in [0.2, 0.25) is 10.0 Å². The van der Waals surface area contributed by atoms with Crippen LogP contribution >= 0.6 is 39.1 Å². The number of nitrogens with zero attached hydrogens (tertiary/aromatic N) is 2. The molecule has 0 fully saturated rings.